The fourth-order valence-electron chi connectivity index (χ4n) is 1.47. The molecule has 0 atom stereocenters. The Kier molecular flexibility index (Phi) is 2.80. The lowest BCUT2D eigenvalue weighted by molar-refractivity contribution is 0.0697. The summed E-state index contributed by atoms with van der Waals surface area (Å²) in [6.45, 7) is 0. The van der Waals surface area contributed by atoms with E-state index in [0.29, 0.717) is 0 Å². The Bertz CT molecular complexity index is 601. The zero-order valence-corrected chi connectivity index (χ0v) is 8.99. The van der Waals surface area contributed by atoms with Crippen LogP contribution < -0.4 is 0 Å². The molecule has 0 unspecified atom stereocenters. The molecule has 4 heteroatoms. The van der Waals surface area contributed by atoms with E-state index in [1.54, 1.807) is 18.2 Å². The van der Waals surface area contributed by atoms with Gasteiger partial charge in [-0.3, -0.25) is 0 Å². The Labute approximate surface area is 96.3 Å². The molecule has 2 aromatic rings. The summed E-state index contributed by atoms with van der Waals surface area (Å²) in [5, 5.41) is 21.2. The largest absolute Gasteiger partial charge is 0.478 e. The van der Waals surface area contributed by atoms with Gasteiger partial charge in [0.05, 0.1) is 5.56 Å². The first-order chi connectivity index (χ1) is 7.70. The third kappa shape index (κ3) is 2.00. The van der Waals surface area contributed by atoms with Crippen molar-refractivity contribution in [1.29, 1.82) is 5.26 Å². The molecule has 0 bridgehead atoms. The Balaban J connectivity index is 2.53. The average molecular weight is 229 g/mol. The summed E-state index contributed by atoms with van der Waals surface area (Å²) in [5.74, 6) is -0.933. The molecule has 0 radical (unpaired) electrons. The SMILES string of the molecule is N#CSc1ccc2cc(C(=O)O)ccc2c1. The van der Waals surface area contributed by atoms with E-state index in [2.05, 4.69) is 0 Å². The normalized spacial score (nSPS) is 9.94. The van der Waals surface area contributed by atoms with E-state index < -0.39 is 5.97 Å². The maximum atomic E-state index is 10.8. The lowest BCUT2D eigenvalue weighted by atomic mass is 10.1. The summed E-state index contributed by atoms with van der Waals surface area (Å²) >= 11 is 1.09. The Morgan fingerprint density at radius 3 is 2.56 bits per heavy atom. The summed E-state index contributed by atoms with van der Waals surface area (Å²) < 4.78 is 0. The van der Waals surface area contributed by atoms with Crippen LogP contribution >= 0.6 is 11.8 Å². The molecule has 0 spiro atoms. The maximum absolute atomic E-state index is 10.8. The van der Waals surface area contributed by atoms with E-state index >= 15 is 0 Å². The number of rotatable bonds is 2. The summed E-state index contributed by atoms with van der Waals surface area (Å²) in [6.07, 6.45) is 0. The van der Waals surface area contributed by atoms with Gasteiger partial charge >= 0.3 is 5.97 Å². The average Bonchev–Trinajstić information content (AvgIpc) is 2.28. The molecule has 3 nitrogen and oxygen atoms in total. The minimum atomic E-state index is -0.933. The quantitative estimate of drug-likeness (QED) is 0.635. The van der Waals surface area contributed by atoms with Gasteiger partial charge in [-0.25, -0.2) is 4.79 Å². The van der Waals surface area contributed by atoms with Crippen molar-refractivity contribution in [1.82, 2.24) is 0 Å². The first-order valence-corrected chi connectivity index (χ1v) is 5.35. The molecule has 0 aliphatic rings. The van der Waals surface area contributed by atoms with Gasteiger partial charge in [-0.1, -0.05) is 12.1 Å². The van der Waals surface area contributed by atoms with Gasteiger partial charge in [0, 0.05) is 4.90 Å². The molecule has 0 aliphatic carbocycles. The van der Waals surface area contributed by atoms with Crippen LogP contribution in [0.3, 0.4) is 0 Å². The molecule has 0 heterocycles. The minimum Gasteiger partial charge on any atom is -0.478 e. The highest BCUT2D eigenvalue weighted by molar-refractivity contribution is 8.03. The second-order valence-electron chi connectivity index (χ2n) is 3.22. The molecule has 0 fully saturated rings. The van der Waals surface area contributed by atoms with Crippen LogP contribution in [0.5, 0.6) is 0 Å². The molecule has 2 aromatic carbocycles. The fourth-order valence-corrected chi connectivity index (χ4v) is 1.90. The molecule has 1 N–H and O–H groups in total. The summed E-state index contributed by atoms with van der Waals surface area (Å²) in [7, 11) is 0. The molecule has 78 valence electrons. The van der Waals surface area contributed by atoms with Gasteiger partial charge in [0.2, 0.25) is 0 Å². The second kappa shape index (κ2) is 4.25. The number of nitrogens with zero attached hydrogens (tertiary/aromatic N) is 1. The Morgan fingerprint density at radius 1 is 1.19 bits per heavy atom. The van der Waals surface area contributed by atoms with Gasteiger partial charge in [-0.15, -0.1) is 0 Å². The van der Waals surface area contributed by atoms with Crippen LogP contribution in [-0.2, 0) is 0 Å². The van der Waals surface area contributed by atoms with Gasteiger partial charge < -0.3 is 5.11 Å². The number of carboxylic acid groups (broad SMARTS) is 1. The van der Waals surface area contributed by atoms with Gasteiger partial charge in [-0.2, -0.15) is 5.26 Å². The third-order valence-electron chi connectivity index (χ3n) is 2.22. The fraction of sp³-hybridized carbons (Fsp3) is 0. The molecule has 0 saturated heterocycles. The molecule has 0 aliphatic heterocycles. The lowest BCUT2D eigenvalue weighted by Gasteiger charge is -2.01. The van der Waals surface area contributed by atoms with E-state index in [0.717, 1.165) is 27.4 Å². The number of fused-ring (bicyclic) bond motifs is 1. The van der Waals surface area contributed by atoms with E-state index in [-0.39, 0.29) is 5.56 Å². The number of carbonyl (C=O) groups is 1. The number of aromatic carboxylic acids is 1. The highest BCUT2D eigenvalue weighted by Crippen LogP contribution is 2.23. The molecular weight excluding hydrogens is 222 g/mol. The zero-order valence-electron chi connectivity index (χ0n) is 8.18. The second-order valence-corrected chi connectivity index (χ2v) is 4.08. The third-order valence-corrected chi connectivity index (χ3v) is 2.80. The molecule has 0 saturated carbocycles. The van der Waals surface area contributed by atoms with Crippen LogP contribution in [0, 0.1) is 10.7 Å². The summed E-state index contributed by atoms with van der Waals surface area (Å²) in [5.41, 5.74) is 0.271. The maximum Gasteiger partial charge on any atom is 0.335 e. The zero-order chi connectivity index (χ0) is 11.5. The van der Waals surface area contributed by atoms with E-state index in [4.69, 9.17) is 10.4 Å². The topological polar surface area (TPSA) is 61.1 Å². The Hall–Kier alpha value is -1.99. The summed E-state index contributed by atoms with van der Waals surface area (Å²) in [6, 6.07) is 10.4. The number of thioether (sulfide) groups is 1. The minimum absolute atomic E-state index is 0.271. The Morgan fingerprint density at radius 2 is 1.88 bits per heavy atom. The van der Waals surface area contributed by atoms with Crippen molar-refractivity contribution in [2.75, 3.05) is 0 Å². The molecule has 0 amide bonds. The van der Waals surface area contributed by atoms with Crippen LogP contribution in [-0.4, -0.2) is 11.1 Å². The van der Waals surface area contributed by atoms with Crippen molar-refractivity contribution in [3.63, 3.8) is 0 Å². The standard InChI is InChI=1S/C12H7NO2S/c13-7-16-11-4-3-8-5-10(12(14)15)2-1-9(8)6-11/h1-6H,(H,14,15). The van der Waals surface area contributed by atoms with Crippen molar-refractivity contribution < 1.29 is 9.90 Å². The van der Waals surface area contributed by atoms with Crippen molar-refractivity contribution in [3.8, 4) is 5.40 Å². The first-order valence-electron chi connectivity index (χ1n) is 4.54. The summed E-state index contributed by atoms with van der Waals surface area (Å²) in [4.78, 5) is 11.6. The van der Waals surface area contributed by atoms with Gasteiger partial charge in [0.15, 0.2) is 0 Å². The highest BCUT2D eigenvalue weighted by Gasteiger charge is 2.04. The van der Waals surface area contributed by atoms with E-state index in [1.165, 1.54) is 0 Å². The van der Waals surface area contributed by atoms with Gasteiger partial charge in [0.25, 0.3) is 0 Å². The van der Waals surface area contributed by atoms with Gasteiger partial charge in [0.1, 0.15) is 5.40 Å². The van der Waals surface area contributed by atoms with Crippen molar-refractivity contribution in [2.24, 2.45) is 0 Å². The number of thiocyanates is 1. The van der Waals surface area contributed by atoms with E-state index in [1.807, 2.05) is 23.6 Å². The number of hydrogen-bond acceptors (Lipinski definition) is 3. The monoisotopic (exact) mass is 229 g/mol. The first kappa shape index (κ1) is 10.5. The van der Waals surface area contributed by atoms with Crippen molar-refractivity contribution in [2.45, 2.75) is 4.90 Å². The van der Waals surface area contributed by atoms with Crippen LogP contribution in [0.25, 0.3) is 10.8 Å². The highest BCUT2D eigenvalue weighted by atomic mass is 32.2. The molecule has 0 aromatic heterocycles. The van der Waals surface area contributed by atoms with Crippen LogP contribution in [0.1, 0.15) is 10.4 Å². The molecular formula is C12H7NO2S. The lowest BCUT2D eigenvalue weighted by Crippen LogP contribution is -1.94. The van der Waals surface area contributed by atoms with Crippen LogP contribution in [0.15, 0.2) is 41.3 Å². The predicted octanol–water partition coefficient (Wildman–Crippen LogP) is 3.11. The van der Waals surface area contributed by atoms with Crippen molar-refractivity contribution in [3.05, 3.63) is 42.0 Å². The van der Waals surface area contributed by atoms with Crippen molar-refractivity contribution >= 4 is 28.5 Å². The van der Waals surface area contributed by atoms with Crippen LogP contribution in [0.4, 0.5) is 0 Å². The van der Waals surface area contributed by atoms with Gasteiger partial charge in [-0.05, 0) is 46.8 Å². The number of benzene rings is 2. The number of carboxylic acids is 1. The number of nitriles is 1. The molecule has 16 heavy (non-hydrogen) atoms. The number of hydrogen-bond donors (Lipinski definition) is 1. The smallest absolute Gasteiger partial charge is 0.335 e. The predicted molar refractivity (Wildman–Crippen MR) is 62.4 cm³/mol. The molecule has 2 rings (SSSR count). The van der Waals surface area contributed by atoms with Crippen LogP contribution in [0.2, 0.25) is 0 Å². The van der Waals surface area contributed by atoms with E-state index in [9.17, 15) is 4.79 Å².